The van der Waals surface area contributed by atoms with Crippen LogP contribution in [0.1, 0.15) is 41.6 Å². The van der Waals surface area contributed by atoms with Gasteiger partial charge in [0, 0.05) is 38.0 Å². The molecule has 7 heteroatoms. The lowest BCUT2D eigenvalue weighted by Gasteiger charge is -2.38. The van der Waals surface area contributed by atoms with Crippen molar-refractivity contribution < 1.29 is 24.1 Å². The predicted octanol–water partition coefficient (Wildman–Crippen LogP) is 3.34. The van der Waals surface area contributed by atoms with Crippen LogP contribution in [-0.4, -0.2) is 54.6 Å². The first-order chi connectivity index (χ1) is 12.5. The van der Waals surface area contributed by atoms with Gasteiger partial charge in [-0.1, -0.05) is 11.6 Å². The first-order valence-electron chi connectivity index (χ1n) is 9.22. The summed E-state index contributed by atoms with van der Waals surface area (Å²) in [7, 11) is 0. The predicted molar refractivity (Wildman–Crippen MR) is 96.4 cm³/mol. The number of hydrogen-bond acceptors (Lipinski definition) is 5. The summed E-state index contributed by atoms with van der Waals surface area (Å²) in [5.74, 6) is -0.107. The van der Waals surface area contributed by atoms with E-state index in [1.807, 2.05) is 0 Å². The molecule has 0 atom stereocenters. The molecule has 1 aromatic carbocycles. The van der Waals surface area contributed by atoms with E-state index in [1.165, 1.54) is 6.07 Å². The van der Waals surface area contributed by atoms with E-state index in [2.05, 4.69) is 4.90 Å². The Bertz CT molecular complexity index is 708. The van der Waals surface area contributed by atoms with Crippen LogP contribution < -0.4 is 9.47 Å². The van der Waals surface area contributed by atoms with Gasteiger partial charge in [0.2, 0.25) is 0 Å². The number of hydrogen-bond donors (Lipinski definition) is 1. The zero-order chi connectivity index (χ0) is 18.3. The first-order valence-corrected chi connectivity index (χ1v) is 9.60. The monoisotopic (exact) mass is 381 g/mol. The number of ether oxygens (including phenoxy) is 3. The largest absolute Gasteiger partial charge is 0.478 e. The van der Waals surface area contributed by atoms with E-state index in [-0.39, 0.29) is 5.56 Å². The van der Waals surface area contributed by atoms with Gasteiger partial charge in [-0.25, -0.2) is 4.79 Å². The van der Waals surface area contributed by atoms with Crippen LogP contribution >= 0.6 is 11.6 Å². The summed E-state index contributed by atoms with van der Waals surface area (Å²) >= 11 is 6.26. The van der Waals surface area contributed by atoms with Gasteiger partial charge < -0.3 is 19.3 Å². The molecule has 1 aromatic rings. The van der Waals surface area contributed by atoms with Crippen LogP contribution in [0.2, 0.25) is 5.02 Å². The molecule has 0 aromatic heterocycles. The van der Waals surface area contributed by atoms with E-state index in [4.69, 9.17) is 25.8 Å². The Morgan fingerprint density at radius 3 is 2.58 bits per heavy atom. The molecule has 0 bridgehead atoms. The minimum atomic E-state index is -1.01. The summed E-state index contributed by atoms with van der Waals surface area (Å²) in [4.78, 5) is 13.9. The van der Waals surface area contributed by atoms with Gasteiger partial charge in [0.1, 0.15) is 0 Å². The SMILES string of the molecule is Cc1c(C(=O)O)cc(Cl)c2c1OC1(CCC(CN3CCOCC3)CC1)O2. The fraction of sp³-hybridized carbons (Fsp3) is 0.632. The standard InChI is InChI=1S/C19H24ClNO5/c1-12-14(18(22)23)10-15(20)17-16(12)25-19(26-17)4-2-13(3-5-19)11-21-6-8-24-9-7-21/h10,13H,2-9,11H2,1H3,(H,22,23). The number of rotatable bonds is 3. The lowest BCUT2D eigenvalue weighted by Crippen LogP contribution is -2.45. The summed E-state index contributed by atoms with van der Waals surface area (Å²) in [6.07, 6.45) is 3.62. The number of carboxylic acid groups (broad SMARTS) is 1. The average molecular weight is 382 g/mol. The van der Waals surface area contributed by atoms with E-state index in [9.17, 15) is 9.90 Å². The van der Waals surface area contributed by atoms with Crippen molar-refractivity contribution in [2.45, 2.75) is 38.4 Å². The molecule has 1 aliphatic carbocycles. The molecule has 2 fully saturated rings. The van der Waals surface area contributed by atoms with Crippen molar-refractivity contribution in [2.24, 2.45) is 5.92 Å². The van der Waals surface area contributed by atoms with Crippen LogP contribution in [0.5, 0.6) is 11.5 Å². The van der Waals surface area contributed by atoms with Gasteiger partial charge in [-0.2, -0.15) is 0 Å². The second-order valence-corrected chi connectivity index (χ2v) is 7.87. The fourth-order valence-electron chi connectivity index (χ4n) is 4.19. The molecule has 1 saturated heterocycles. The lowest BCUT2D eigenvalue weighted by atomic mass is 9.84. The molecule has 142 valence electrons. The maximum Gasteiger partial charge on any atom is 0.336 e. The summed E-state index contributed by atoms with van der Waals surface area (Å²) in [6.45, 7) is 6.49. The Labute approximate surface area is 158 Å². The van der Waals surface area contributed by atoms with Crippen molar-refractivity contribution in [3.8, 4) is 11.5 Å². The van der Waals surface area contributed by atoms with E-state index >= 15 is 0 Å². The second-order valence-electron chi connectivity index (χ2n) is 7.47. The highest BCUT2D eigenvalue weighted by molar-refractivity contribution is 6.32. The zero-order valence-corrected chi connectivity index (χ0v) is 15.7. The van der Waals surface area contributed by atoms with Crippen molar-refractivity contribution in [3.05, 3.63) is 22.2 Å². The van der Waals surface area contributed by atoms with Gasteiger partial charge in [-0.05, 0) is 31.7 Å². The number of nitrogens with zero attached hydrogens (tertiary/aromatic N) is 1. The van der Waals surface area contributed by atoms with Gasteiger partial charge in [-0.3, -0.25) is 4.90 Å². The van der Waals surface area contributed by atoms with Crippen LogP contribution in [0.4, 0.5) is 0 Å². The third-order valence-electron chi connectivity index (χ3n) is 5.73. The van der Waals surface area contributed by atoms with Gasteiger partial charge in [0.05, 0.1) is 23.8 Å². The number of carbonyl (C=O) groups is 1. The Morgan fingerprint density at radius 1 is 1.27 bits per heavy atom. The van der Waals surface area contributed by atoms with E-state index in [1.54, 1.807) is 6.92 Å². The number of halogens is 1. The van der Waals surface area contributed by atoms with Crippen molar-refractivity contribution in [1.29, 1.82) is 0 Å². The smallest absolute Gasteiger partial charge is 0.336 e. The van der Waals surface area contributed by atoms with Crippen LogP contribution in [0.15, 0.2) is 6.07 Å². The van der Waals surface area contributed by atoms with Crippen LogP contribution in [0, 0.1) is 12.8 Å². The Morgan fingerprint density at radius 2 is 1.92 bits per heavy atom. The Balaban J connectivity index is 1.44. The average Bonchev–Trinajstić information content (AvgIpc) is 3.01. The lowest BCUT2D eigenvalue weighted by molar-refractivity contribution is -0.116. The maximum absolute atomic E-state index is 11.4. The third-order valence-corrected chi connectivity index (χ3v) is 6.01. The number of carboxylic acids is 1. The van der Waals surface area contributed by atoms with Crippen LogP contribution in [-0.2, 0) is 4.74 Å². The molecule has 1 spiro atoms. The summed E-state index contributed by atoms with van der Waals surface area (Å²) in [5, 5.41) is 9.65. The van der Waals surface area contributed by atoms with E-state index in [0.29, 0.717) is 28.0 Å². The van der Waals surface area contributed by atoms with Crippen molar-refractivity contribution in [1.82, 2.24) is 4.90 Å². The molecule has 1 saturated carbocycles. The second kappa shape index (κ2) is 6.91. The number of benzene rings is 1. The molecular formula is C19H24ClNO5. The van der Waals surface area contributed by atoms with E-state index < -0.39 is 11.8 Å². The van der Waals surface area contributed by atoms with Crippen molar-refractivity contribution in [2.75, 3.05) is 32.8 Å². The highest BCUT2D eigenvalue weighted by Crippen LogP contribution is 2.52. The first kappa shape index (κ1) is 17.9. The quantitative estimate of drug-likeness (QED) is 0.866. The molecule has 4 rings (SSSR count). The highest BCUT2D eigenvalue weighted by atomic mass is 35.5. The molecule has 2 aliphatic heterocycles. The third kappa shape index (κ3) is 3.26. The summed E-state index contributed by atoms with van der Waals surface area (Å²) in [5.41, 5.74) is 0.736. The molecule has 0 unspecified atom stereocenters. The maximum atomic E-state index is 11.4. The minimum absolute atomic E-state index is 0.162. The zero-order valence-electron chi connectivity index (χ0n) is 14.9. The molecule has 6 nitrogen and oxygen atoms in total. The molecule has 1 N–H and O–H groups in total. The Hall–Kier alpha value is -1.50. The molecule has 26 heavy (non-hydrogen) atoms. The summed E-state index contributed by atoms with van der Waals surface area (Å²) in [6, 6.07) is 1.45. The number of aromatic carboxylic acids is 1. The van der Waals surface area contributed by atoms with Gasteiger partial charge in [0.25, 0.3) is 5.79 Å². The number of morpholine rings is 1. The molecule has 0 amide bonds. The molecule has 3 aliphatic rings. The molecular weight excluding hydrogens is 358 g/mol. The fourth-order valence-corrected chi connectivity index (χ4v) is 4.42. The molecule has 0 radical (unpaired) electrons. The molecule has 2 heterocycles. The van der Waals surface area contributed by atoms with Crippen LogP contribution in [0.3, 0.4) is 0 Å². The van der Waals surface area contributed by atoms with Gasteiger partial charge in [-0.15, -0.1) is 0 Å². The highest BCUT2D eigenvalue weighted by Gasteiger charge is 2.46. The van der Waals surface area contributed by atoms with Crippen molar-refractivity contribution in [3.63, 3.8) is 0 Å². The summed E-state index contributed by atoms with van der Waals surface area (Å²) < 4.78 is 17.7. The van der Waals surface area contributed by atoms with E-state index in [0.717, 1.165) is 58.5 Å². The Kier molecular flexibility index (Phi) is 4.75. The van der Waals surface area contributed by atoms with Gasteiger partial charge >= 0.3 is 5.97 Å². The van der Waals surface area contributed by atoms with Crippen LogP contribution in [0.25, 0.3) is 0 Å². The minimum Gasteiger partial charge on any atom is -0.478 e. The van der Waals surface area contributed by atoms with Gasteiger partial charge in [0.15, 0.2) is 11.5 Å². The normalized spacial score (nSPS) is 28.5. The number of fused-ring (bicyclic) bond motifs is 1. The van der Waals surface area contributed by atoms with Crippen molar-refractivity contribution >= 4 is 17.6 Å². The topological polar surface area (TPSA) is 68.2 Å².